The summed E-state index contributed by atoms with van der Waals surface area (Å²) in [5.41, 5.74) is 0.693. The van der Waals surface area contributed by atoms with Crippen LogP contribution in [0.1, 0.15) is 31.2 Å². The van der Waals surface area contributed by atoms with Crippen LogP contribution in [0.2, 0.25) is 0 Å². The molecule has 1 saturated carbocycles. The fourth-order valence-corrected chi connectivity index (χ4v) is 2.44. The summed E-state index contributed by atoms with van der Waals surface area (Å²) >= 11 is 0. The number of nitriles is 1. The highest BCUT2D eigenvalue weighted by Gasteiger charge is 2.43. The van der Waals surface area contributed by atoms with Crippen molar-refractivity contribution in [3.8, 4) is 6.07 Å². The third-order valence-corrected chi connectivity index (χ3v) is 3.73. The zero-order chi connectivity index (χ0) is 15.3. The fraction of sp³-hybridized carbons (Fsp3) is 0.438. The van der Waals surface area contributed by atoms with Gasteiger partial charge in [-0.25, -0.2) is 0 Å². The summed E-state index contributed by atoms with van der Waals surface area (Å²) in [6.45, 7) is 1.59. The van der Waals surface area contributed by atoms with Gasteiger partial charge >= 0.3 is 5.97 Å². The molecule has 1 N–H and O–H groups in total. The Morgan fingerprint density at radius 1 is 1.29 bits per heavy atom. The number of aryl methyl sites for hydroxylation is 1. The van der Waals surface area contributed by atoms with Gasteiger partial charge in [0.2, 0.25) is 0 Å². The van der Waals surface area contributed by atoms with Gasteiger partial charge in [0.05, 0.1) is 6.07 Å². The van der Waals surface area contributed by atoms with Crippen molar-refractivity contribution in [3.05, 3.63) is 29.8 Å². The third kappa shape index (κ3) is 3.60. The van der Waals surface area contributed by atoms with Crippen molar-refractivity contribution in [2.45, 2.75) is 32.6 Å². The van der Waals surface area contributed by atoms with Crippen LogP contribution in [0.25, 0.3) is 0 Å². The molecule has 0 radical (unpaired) electrons. The maximum Gasteiger partial charge on any atom is 0.326 e. The number of benzene rings is 1. The fourth-order valence-electron chi connectivity index (χ4n) is 2.44. The van der Waals surface area contributed by atoms with E-state index in [1.807, 2.05) is 19.1 Å². The van der Waals surface area contributed by atoms with Crippen molar-refractivity contribution in [2.75, 3.05) is 11.9 Å². The molecule has 1 aromatic rings. The molecule has 21 heavy (non-hydrogen) atoms. The normalized spacial score (nSPS) is 16.0. The van der Waals surface area contributed by atoms with E-state index in [0.717, 1.165) is 18.4 Å². The predicted octanol–water partition coefficient (Wildman–Crippen LogP) is 2.56. The lowest BCUT2D eigenvalue weighted by Gasteiger charge is -2.17. The van der Waals surface area contributed by atoms with Gasteiger partial charge in [0, 0.05) is 5.69 Å². The molecular weight excluding hydrogens is 268 g/mol. The number of nitrogens with one attached hydrogen (secondary N) is 1. The summed E-state index contributed by atoms with van der Waals surface area (Å²) in [5.74, 6) is -0.986. The average molecular weight is 286 g/mol. The second-order valence-corrected chi connectivity index (χ2v) is 5.39. The molecule has 0 atom stereocenters. The van der Waals surface area contributed by atoms with Gasteiger partial charge in [-0.05, 0) is 31.9 Å². The molecule has 0 saturated heterocycles. The molecule has 110 valence electrons. The zero-order valence-electron chi connectivity index (χ0n) is 12.0. The number of anilines is 1. The molecule has 1 aliphatic carbocycles. The van der Waals surface area contributed by atoms with Crippen molar-refractivity contribution in [3.63, 3.8) is 0 Å². The van der Waals surface area contributed by atoms with Crippen LogP contribution in [0.3, 0.4) is 0 Å². The van der Waals surface area contributed by atoms with E-state index in [-0.39, 0.29) is 6.61 Å². The van der Waals surface area contributed by atoms with Gasteiger partial charge in [-0.3, -0.25) is 9.59 Å². The van der Waals surface area contributed by atoms with Gasteiger partial charge in [0.1, 0.15) is 0 Å². The van der Waals surface area contributed by atoms with E-state index in [0.29, 0.717) is 18.5 Å². The highest BCUT2D eigenvalue weighted by atomic mass is 16.5. The van der Waals surface area contributed by atoms with Crippen LogP contribution in [0, 0.1) is 23.7 Å². The highest BCUT2D eigenvalue weighted by molar-refractivity contribution is 5.93. The van der Waals surface area contributed by atoms with Gasteiger partial charge < -0.3 is 10.1 Å². The second kappa shape index (κ2) is 6.40. The summed E-state index contributed by atoms with van der Waals surface area (Å²) in [5, 5.41) is 11.8. The van der Waals surface area contributed by atoms with Crippen LogP contribution >= 0.6 is 0 Å². The Kier molecular flexibility index (Phi) is 4.59. The molecule has 2 rings (SSSR count). The molecule has 1 aliphatic rings. The first kappa shape index (κ1) is 15.0. The maximum atomic E-state index is 12.0. The monoisotopic (exact) mass is 286 g/mol. The number of amides is 1. The van der Waals surface area contributed by atoms with Crippen molar-refractivity contribution in [1.29, 1.82) is 5.26 Å². The molecule has 5 heteroatoms. The van der Waals surface area contributed by atoms with E-state index in [2.05, 4.69) is 11.4 Å². The minimum Gasteiger partial charge on any atom is -0.454 e. The number of esters is 1. The van der Waals surface area contributed by atoms with Crippen LogP contribution in [-0.2, 0) is 14.3 Å². The Balaban J connectivity index is 1.85. The minimum atomic E-state index is -1.05. The first-order valence-electron chi connectivity index (χ1n) is 7.01. The SMILES string of the molecule is Cc1ccc(NC(=O)COC(=O)C2(C#N)CCCC2)cc1. The van der Waals surface area contributed by atoms with Gasteiger partial charge in [-0.15, -0.1) is 0 Å². The molecule has 1 amide bonds. The molecule has 0 aromatic heterocycles. The summed E-state index contributed by atoms with van der Waals surface area (Å²) in [4.78, 5) is 23.7. The Morgan fingerprint density at radius 2 is 1.90 bits per heavy atom. The van der Waals surface area contributed by atoms with Crippen molar-refractivity contribution >= 4 is 17.6 Å². The molecule has 1 fully saturated rings. The topological polar surface area (TPSA) is 79.2 Å². The van der Waals surface area contributed by atoms with E-state index in [4.69, 9.17) is 10.00 Å². The summed E-state index contributed by atoms with van der Waals surface area (Å²) in [6, 6.07) is 9.37. The molecule has 0 unspecified atom stereocenters. The molecule has 1 aromatic carbocycles. The van der Waals surface area contributed by atoms with E-state index < -0.39 is 17.3 Å². The molecule has 0 spiro atoms. The van der Waals surface area contributed by atoms with Gasteiger partial charge in [0.15, 0.2) is 12.0 Å². The Morgan fingerprint density at radius 3 is 2.48 bits per heavy atom. The maximum absolute atomic E-state index is 12.0. The summed E-state index contributed by atoms with van der Waals surface area (Å²) < 4.78 is 5.00. The van der Waals surface area contributed by atoms with Crippen LogP contribution in [-0.4, -0.2) is 18.5 Å². The van der Waals surface area contributed by atoms with E-state index in [1.54, 1.807) is 12.1 Å². The number of ether oxygens (including phenoxy) is 1. The quantitative estimate of drug-likeness (QED) is 0.863. The van der Waals surface area contributed by atoms with Crippen LogP contribution in [0.15, 0.2) is 24.3 Å². The van der Waals surface area contributed by atoms with Crippen LogP contribution < -0.4 is 5.32 Å². The number of hydrogen-bond acceptors (Lipinski definition) is 4. The average Bonchev–Trinajstić information content (AvgIpc) is 2.97. The first-order valence-corrected chi connectivity index (χ1v) is 7.01. The Labute approximate surface area is 123 Å². The van der Waals surface area contributed by atoms with E-state index in [9.17, 15) is 9.59 Å². The number of carbonyl (C=O) groups is 2. The molecule has 0 aliphatic heterocycles. The van der Waals surface area contributed by atoms with Crippen molar-refractivity contribution in [1.82, 2.24) is 0 Å². The molecule has 5 nitrogen and oxygen atoms in total. The summed E-state index contributed by atoms with van der Waals surface area (Å²) in [7, 11) is 0. The summed E-state index contributed by atoms with van der Waals surface area (Å²) in [6.07, 6.45) is 2.72. The third-order valence-electron chi connectivity index (χ3n) is 3.73. The highest BCUT2D eigenvalue weighted by Crippen LogP contribution is 2.38. The predicted molar refractivity (Wildman–Crippen MR) is 77.3 cm³/mol. The molecule has 0 heterocycles. The number of rotatable bonds is 4. The lowest BCUT2D eigenvalue weighted by Crippen LogP contribution is -2.31. The standard InChI is InChI=1S/C16H18N2O3/c1-12-4-6-13(7-5-12)18-14(19)10-21-15(20)16(11-17)8-2-3-9-16/h4-7H,2-3,8-10H2,1H3,(H,18,19). The molecule has 0 bridgehead atoms. The first-order chi connectivity index (χ1) is 10.1. The van der Waals surface area contributed by atoms with Gasteiger partial charge in [-0.1, -0.05) is 30.5 Å². The number of carbonyl (C=O) groups excluding carboxylic acids is 2. The van der Waals surface area contributed by atoms with Gasteiger partial charge in [-0.2, -0.15) is 5.26 Å². The molecular formula is C16H18N2O3. The van der Waals surface area contributed by atoms with E-state index >= 15 is 0 Å². The second-order valence-electron chi connectivity index (χ2n) is 5.39. The number of hydrogen-bond donors (Lipinski definition) is 1. The Hall–Kier alpha value is -2.35. The largest absolute Gasteiger partial charge is 0.454 e. The lowest BCUT2D eigenvalue weighted by molar-refractivity contribution is -0.154. The number of nitrogens with zero attached hydrogens (tertiary/aromatic N) is 1. The van der Waals surface area contributed by atoms with E-state index in [1.165, 1.54) is 0 Å². The lowest BCUT2D eigenvalue weighted by atomic mass is 9.88. The smallest absolute Gasteiger partial charge is 0.326 e. The van der Waals surface area contributed by atoms with Crippen LogP contribution in [0.5, 0.6) is 0 Å². The Bertz CT molecular complexity index is 566. The van der Waals surface area contributed by atoms with Crippen molar-refractivity contribution < 1.29 is 14.3 Å². The van der Waals surface area contributed by atoms with Crippen LogP contribution in [0.4, 0.5) is 5.69 Å². The zero-order valence-corrected chi connectivity index (χ0v) is 12.0. The van der Waals surface area contributed by atoms with Gasteiger partial charge in [0.25, 0.3) is 5.91 Å². The minimum absolute atomic E-state index is 0.365. The van der Waals surface area contributed by atoms with Crippen molar-refractivity contribution in [2.24, 2.45) is 5.41 Å².